The van der Waals surface area contributed by atoms with Crippen molar-refractivity contribution in [3.8, 4) is 0 Å². The van der Waals surface area contributed by atoms with Crippen LogP contribution in [0.1, 0.15) is 26.2 Å². The molecule has 0 saturated heterocycles. The molecule has 0 N–H and O–H groups in total. The number of hydrogen-bond donors (Lipinski definition) is 0. The lowest BCUT2D eigenvalue weighted by Gasteiger charge is -2.19. The minimum atomic E-state index is 0.758. The molecule has 0 radical (unpaired) electrons. The number of benzene rings is 1. The molecule has 1 aromatic carbocycles. The summed E-state index contributed by atoms with van der Waals surface area (Å²) in [5.41, 5.74) is 0. The van der Waals surface area contributed by atoms with Gasteiger partial charge in [-0.1, -0.05) is 43.0 Å². The maximum absolute atomic E-state index is 2.41. The SMILES string of the molecule is CC1CCCC=C1Sc1ccccc1. The van der Waals surface area contributed by atoms with Crippen molar-refractivity contribution < 1.29 is 0 Å². The highest BCUT2D eigenvalue weighted by atomic mass is 32.2. The largest absolute Gasteiger partial charge is 0.0946 e. The Bertz CT molecular complexity index is 313. The van der Waals surface area contributed by atoms with E-state index >= 15 is 0 Å². The summed E-state index contributed by atoms with van der Waals surface area (Å²) in [4.78, 5) is 2.93. The molecule has 1 aromatic rings. The van der Waals surface area contributed by atoms with E-state index in [1.165, 1.54) is 24.2 Å². The molecule has 1 heteroatoms. The maximum Gasteiger partial charge on any atom is 0.0119 e. The van der Waals surface area contributed by atoms with Gasteiger partial charge in [0.1, 0.15) is 0 Å². The van der Waals surface area contributed by atoms with Gasteiger partial charge in [0.25, 0.3) is 0 Å². The lowest BCUT2D eigenvalue weighted by atomic mass is 9.98. The van der Waals surface area contributed by atoms with Crippen molar-refractivity contribution in [2.45, 2.75) is 31.1 Å². The van der Waals surface area contributed by atoms with Gasteiger partial charge in [0.05, 0.1) is 0 Å². The summed E-state index contributed by atoms with van der Waals surface area (Å²) in [5, 5.41) is 0. The average Bonchev–Trinajstić information content (AvgIpc) is 2.23. The maximum atomic E-state index is 2.41. The number of hydrogen-bond acceptors (Lipinski definition) is 1. The minimum absolute atomic E-state index is 0.758. The third-order valence-corrected chi connectivity index (χ3v) is 3.96. The zero-order valence-electron chi connectivity index (χ0n) is 8.57. The van der Waals surface area contributed by atoms with E-state index in [1.807, 2.05) is 11.8 Å². The molecule has 0 aromatic heterocycles. The molecule has 1 unspecified atom stereocenters. The molecule has 0 nitrogen and oxygen atoms in total. The monoisotopic (exact) mass is 204 g/mol. The van der Waals surface area contributed by atoms with Crippen molar-refractivity contribution in [3.63, 3.8) is 0 Å². The highest BCUT2D eigenvalue weighted by Gasteiger charge is 2.13. The molecule has 0 bridgehead atoms. The van der Waals surface area contributed by atoms with Crippen molar-refractivity contribution in [1.29, 1.82) is 0 Å². The van der Waals surface area contributed by atoms with Crippen LogP contribution in [0.15, 0.2) is 46.2 Å². The second-order valence-electron chi connectivity index (χ2n) is 3.85. The van der Waals surface area contributed by atoms with Crippen LogP contribution in [0.2, 0.25) is 0 Å². The van der Waals surface area contributed by atoms with Gasteiger partial charge in [-0.3, -0.25) is 0 Å². The van der Waals surface area contributed by atoms with Gasteiger partial charge >= 0.3 is 0 Å². The Labute approximate surface area is 90.4 Å². The van der Waals surface area contributed by atoms with Gasteiger partial charge in [0.15, 0.2) is 0 Å². The van der Waals surface area contributed by atoms with E-state index in [-0.39, 0.29) is 0 Å². The van der Waals surface area contributed by atoms with Gasteiger partial charge in [-0.2, -0.15) is 0 Å². The third kappa shape index (κ3) is 2.42. The molecule has 0 spiro atoms. The molecule has 0 saturated carbocycles. The first-order valence-corrected chi connectivity index (χ1v) is 6.11. The minimum Gasteiger partial charge on any atom is -0.0946 e. The van der Waals surface area contributed by atoms with Crippen molar-refractivity contribution in [2.24, 2.45) is 5.92 Å². The lowest BCUT2D eigenvalue weighted by Crippen LogP contribution is -2.01. The first kappa shape index (κ1) is 9.85. The third-order valence-electron chi connectivity index (χ3n) is 2.65. The topological polar surface area (TPSA) is 0 Å². The quantitative estimate of drug-likeness (QED) is 0.684. The van der Waals surface area contributed by atoms with Gasteiger partial charge < -0.3 is 0 Å². The van der Waals surface area contributed by atoms with Crippen LogP contribution in [-0.2, 0) is 0 Å². The van der Waals surface area contributed by atoms with Crippen LogP contribution in [0.3, 0.4) is 0 Å². The fraction of sp³-hybridized carbons (Fsp3) is 0.385. The van der Waals surface area contributed by atoms with Gasteiger partial charge in [0, 0.05) is 4.90 Å². The van der Waals surface area contributed by atoms with Gasteiger partial charge in [-0.25, -0.2) is 0 Å². The van der Waals surface area contributed by atoms with Gasteiger partial charge in [-0.05, 0) is 42.2 Å². The zero-order chi connectivity index (χ0) is 9.80. The average molecular weight is 204 g/mol. The Morgan fingerprint density at radius 3 is 2.71 bits per heavy atom. The second kappa shape index (κ2) is 4.70. The number of allylic oxidation sites excluding steroid dienone is 2. The van der Waals surface area contributed by atoms with E-state index < -0.39 is 0 Å². The van der Waals surface area contributed by atoms with Crippen LogP contribution in [-0.4, -0.2) is 0 Å². The van der Waals surface area contributed by atoms with E-state index in [0.29, 0.717) is 0 Å². The zero-order valence-corrected chi connectivity index (χ0v) is 9.39. The van der Waals surface area contributed by atoms with E-state index in [9.17, 15) is 0 Å². The predicted octanol–water partition coefficient (Wildman–Crippen LogP) is 4.48. The Hall–Kier alpha value is -0.690. The van der Waals surface area contributed by atoms with Crippen LogP contribution in [0.25, 0.3) is 0 Å². The summed E-state index contributed by atoms with van der Waals surface area (Å²) in [7, 11) is 0. The molecule has 1 aliphatic carbocycles. The van der Waals surface area contributed by atoms with Crippen LogP contribution >= 0.6 is 11.8 Å². The van der Waals surface area contributed by atoms with E-state index in [0.717, 1.165) is 5.92 Å². The summed E-state index contributed by atoms with van der Waals surface area (Å²) in [6.45, 7) is 2.33. The van der Waals surface area contributed by atoms with Crippen LogP contribution in [0, 0.1) is 5.92 Å². The molecular formula is C13H16S. The fourth-order valence-corrected chi connectivity index (χ4v) is 2.86. The summed E-state index contributed by atoms with van der Waals surface area (Å²) in [5.74, 6) is 0.758. The molecule has 0 amide bonds. The molecule has 0 heterocycles. The second-order valence-corrected chi connectivity index (χ2v) is 5.00. The summed E-state index contributed by atoms with van der Waals surface area (Å²) >= 11 is 1.93. The van der Waals surface area contributed by atoms with Crippen molar-refractivity contribution in [2.75, 3.05) is 0 Å². The van der Waals surface area contributed by atoms with E-state index in [4.69, 9.17) is 0 Å². The van der Waals surface area contributed by atoms with Crippen LogP contribution in [0.4, 0.5) is 0 Å². The summed E-state index contributed by atoms with van der Waals surface area (Å²) in [6.07, 6.45) is 6.39. The van der Waals surface area contributed by atoms with Crippen molar-refractivity contribution >= 4 is 11.8 Å². The normalized spacial score (nSPS) is 21.8. The van der Waals surface area contributed by atoms with Crippen molar-refractivity contribution in [3.05, 3.63) is 41.3 Å². The first-order chi connectivity index (χ1) is 6.86. The standard InChI is InChI=1S/C13H16S/c1-11-7-5-6-10-13(11)14-12-8-3-2-4-9-12/h2-4,8-11H,5-7H2,1H3. The number of thioether (sulfide) groups is 1. The summed E-state index contributed by atoms with van der Waals surface area (Å²) in [6, 6.07) is 10.7. The molecule has 2 rings (SSSR count). The molecule has 0 aliphatic heterocycles. The first-order valence-electron chi connectivity index (χ1n) is 5.29. The number of rotatable bonds is 2. The fourth-order valence-electron chi connectivity index (χ4n) is 1.78. The molecule has 1 aliphatic rings. The smallest absolute Gasteiger partial charge is 0.0119 e. The van der Waals surface area contributed by atoms with E-state index in [1.54, 1.807) is 4.91 Å². The van der Waals surface area contributed by atoms with Crippen molar-refractivity contribution in [1.82, 2.24) is 0 Å². The molecule has 14 heavy (non-hydrogen) atoms. The Balaban J connectivity index is 2.07. The van der Waals surface area contributed by atoms with Gasteiger partial charge in [-0.15, -0.1) is 0 Å². The lowest BCUT2D eigenvalue weighted by molar-refractivity contribution is 0.576. The van der Waals surface area contributed by atoms with Crippen LogP contribution < -0.4 is 0 Å². The predicted molar refractivity (Wildman–Crippen MR) is 63.4 cm³/mol. The molecule has 0 fully saturated rings. The molecule has 1 atom stereocenters. The van der Waals surface area contributed by atoms with Crippen LogP contribution in [0.5, 0.6) is 0 Å². The summed E-state index contributed by atoms with van der Waals surface area (Å²) < 4.78 is 0. The van der Waals surface area contributed by atoms with Gasteiger partial charge in [0.2, 0.25) is 0 Å². The molecule has 74 valence electrons. The Kier molecular flexibility index (Phi) is 3.30. The Morgan fingerprint density at radius 1 is 1.21 bits per heavy atom. The van der Waals surface area contributed by atoms with E-state index in [2.05, 4.69) is 43.3 Å². The highest BCUT2D eigenvalue weighted by molar-refractivity contribution is 8.03. The molecular weight excluding hydrogens is 188 g/mol. The highest BCUT2D eigenvalue weighted by Crippen LogP contribution is 2.36. The Morgan fingerprint density at radius 2 is 2.00 bits per heavy atom.